The van der Waals surface area contributed by atoms with E-state index >= 15 is 0 Å². The fourth-order valence-corrected chi connectivity index (χ4v) is 6.01. The first-order chi connectivity index (χ1) is 9.60. The average molecular weight is 289 g/mol. The monoisotopic (exact) mass is 289 g/mol. The highest BCUT2D eigenvalue weighted by molar-refractivity contribution is 7.14. The molecule has 4 aliphatic rings. The van der Waals surface area contributed by atoms with Crippen LogP contribution in [-0.2, 0) is 0 Å². The van der Waals surface area contributed by atoms with Crippen LogP contribution in [0, 0.1) is 37.5 Å². The van der Waals surface area contributed by atoms with Crippen LogP contribution < -0.4 is 5.32 Å². The normalized spacial score (nSPS) is 38.2. The average Bonchev–Trinajstić information content (AvgIpc) is 2.73. The second kappa shape index (κ2) is 4.59. The number of hydrogen-bond acceptors (Lipinski definition) is 2. The highest BCUT2D eigenvalue weighted by Gasteiger charge is 2.48. The predicted octanol–water partition coefficient (Wildman–Crippen LogP) is 3.92. The number of carbonyl (C=O) groups is 1. The molecule has 4 fully saturated rings. The van der Waals surface area contributed by atoms with Crippen molar-refractivity contribution < 1.29 is 4.79 Å². The van der Waals surface area contributed by atoms with E-state index in [1.807, 2.05) is 6.07 Å². The molecule has 0 radical (unpaired) electrons. The van der Waals surface area contributed by atoms with Gasteiger partial charge in [-0.3, -0.25) is 4.79 Å². The molecule has 4 aliphatic carbocycles. The predicted molar refractivity (Wildman–Crippen MR) is 82.1 cm³/mol. The molecule has 0 unspecified atom stereocenters. The van der Waals surface area contributed by atoms with Crippen molar-refractivity contribution in [2.75, 3.05) is 0 Å². The van der Waals surface area contributed by atoms with Gasteiger partial charge in [-0.1, -0.05) is 0 Å². The van der Waals surface area contributed by atoms with Crippen LogP contribution in [0.25, 0.3) is 0 Å². The first kappa shape index (κ1) is 12.9. The van der Waals surface area contributed by atoms with Gasteiger partial charge in [-0.15, -0.1) is 11.3 Å². The van der Waals surface area contributed by atoms with E-state index in [9.17, 15) is 4.79 Å². The second-order valence-electron chi connectivity index (χ2n) is 7.28. The standard InChI is InChI=1S/C17H23NOS/c1-9-3-15(20-10(9)2)17(19)18-16-13-5-11-4-12(7-13)8-14(16)6-11/h3,11-14,16H,4-8H2,1-2H3,(H,18,19). The number of aryl methyl sites for hydroxylation is 2. The molecule has 1 aromatic rings. The van der Waals surface area contributed by atoms with Gasteiger partial charge in [0.05, 0.1) is 4.88 Å². The van der Waals surface area contributed by atoms with E-state index in [0.29, 0.717) is 6.04 Å². The molecule has 1 N–H and O–H groups in total. The van der Waals surface area contributed by atoms with E-state index in [4.69, 9.17) is 0 Å². The largest absolute Gasteiger partial charge is 0.348 e. The van der Waals surface area contributed by atoms with Gasteiger partial charge >= 0.3 is 0 Å². The van der Waals surface area contributed by atoms with Crippen molar-refractivity contribution in [2.45, 2.75) is 52.0 Å². The maximum absolute atomic E-state index is 12.5. The van der Waals surface area contributed by atoms with Crippen molar-refractivity contribution in [3.05, 3.63) is 21.4 Å². The summed E-state index contributed by atoms with van der Waals surface area (Å²) in [7, 11) is 0. The van der Waals surface area contributed by atoms with Crippen LogP contribution in [0.2, 0.25) is 0 Å². The smallest absolute Gasteiger partial charge is 0.261 e. The summed E-state index contributed by atoms with van der Waals surface area (Å²) < 4.78 is 0. The molecular formula is C17H23NOS. The van der Waals surface area contributed by atoms with E-state index in [-0.39, 0.29) is 5.91 Å². The van der Waals surface area contributed by atoms with Crippen molar-refractivity contribution in [1.82, 2.24) is 5.32 Å². The van der Waals surface area contributed by atoms with Crippen molar-refractivity contribution >= 4 is 17.2 Å². The molecule has 3 heteroatoms. The summed E-state index contributed by atoms with van der Waals surface area (Å²) in [5, 5.41) is 3.39. The van der Waals surface area contributed by atoms with Crippen molar-refractivity contribution in [2.24, 2.45) is 23.7 Å². The van der Waals surface area contributed by atoms with Crippen molar-refractivity contribution in [1.29, 1.82) is 0 Å². The van der Waals surface area contributed by atoms with Gasteiger partial charge in [0.1, 0.15) is 0 Å². The third-order valence-corrected chi connectivity index (χ3v) is 7.07. The highest BCUT2D eigenvalue weighted by atomic mass is 32.1. The molecule has 1 amide bonds. The molecule has 1 heterocycles. The van der Waals surface area contributed by atoms with Crippen LogP contribution in [0.4, 0.5) is 0 Å². The molecule has 0 spiro atoms. The Bertz CT molecular complexity index is 500. The summed E-state index contributed by atoms with van der Waals surface area (Å²) in [4.78, 5) is 14.7. The lowest BCUT2D eigenvalue weighted by atomic mass is 9.54. The molecule has 0 aliphatic heterocycles. The number of amides is 1. The zero-order chi connectivity index (χ0) is 13.9. The molecule has 0 aromatic carbocycles. The van der Waals surface area contributed by atoms with Gasteiger partial charge in [-0.2, -0.15) is 0 Å². The second-order valence-corrected chi connectivity index (χ2v) is 8.54. The number of rotatable bonds is 2. The molecule has 4 saturated carbocycles. The molecule has 1 aromatic heterocycles. The van der Waals surface area contributed by atoms with Gasteiger partial charge in [0.15, 0.2) is 0 Å². The van der Waals surface area contributed by atoms with Gasteiger partial charge in [0.25, 0.3) is 5.91 Å². The minimum Gasteiger partial charge on any atom is -0.348 e. The molecule has 108 valence electrons. The van der Waals surface area contributed by atoms with Crippen LogP contribution >= 0.6 is 11.3 Å². The summed E-state index contributed by atoms with van der Waals surface area (Å²) in [5.74, 6) is 3.63. The summed E-state index contributed by atoms with van der Waals surface area (Å²) in [6.07, 6.45) is 6.92. The van der Waals surface area contributed by atoms with Gasteiger partial charge in [0.2, 0.25) is 0 Å². The Kier molecular flexibility index (Phi) is 2.95. The Labute approximate surface area is 125 Å². The molecule has 4 bridgehead atoms. The molecule has 2 nitrogen and oxygen atoms in total. The van der Waals surface area contributed by atoms with E-state index < -0.39 is 0 Å². The molecule has 0 saturated heterocycles. The van der Waals surface area contributed by atoms with E-state index in [0.717, 1.165) is 28.5 Å². The van der Waals surface area contributed by atoms with Crippen molar-refractivity contribution in [3.63, 3.8) is 0 Å². The third-order valence-electron chi connectivity index (χ3n) is 5.91. The van der Waals surface area contributed by atoms with Gasteiger partial charge < -0.3 is 5.32 Å². The number of thiophene rings is 1. The Morgan fingerprint density at radius 2 is 1.70 bits per heavy atom. The summed E-state index contributed by atoms with van der Waals surface area (Å²) in [6, 6.07) is 2.50. The van der Waals surface area contributed by atoms with Crippen LogP contribution in [0.15, 0.2) is 6.07 Å². The minimum atomic E-state index is 0.170. The number of hydrogen-bond donors (Lipinski definition) is 1. The fourth-order valence-electron chi connectivity index (χ4n) is 5.07. The lowest BCUT2D eigenvalue weighted by Gasteiger charge is -2.54. The highest BCUT2D eigenvalue weighted by Crippen LogP contribution is 2.53. The van der Waals surface area contributed by atoms with Gasteiger partial charge in [-0.25, -0.2) is 0 Å². The van der Waals surface area contributed by atoms with Crippen molar-refractivity contribution in [3.8, 4) is 0 Å². The number of nitrogens with one attached hydrogen (secondary N) is 1. The lowest BCUT2D eigenvalue weighted by Crippen LogP contribution is -2.55. The van der Waals surface area contributed by atoms with Crippen LogP contribution in [0.3, 0.4) is 0 Å². The Balaban J connectivity index is 1.50. The topological polar surface area (TPSA) is 29.1 Å². The first-order valence-corrected chi connectivity index (χ1v) is 8.79. The van der Waals surface area contributed by atoms with E-state index in [1.165, 1.54) is 42.5 Å². The molecular weight excluding hydrogens is 266 g/mol. The van der Waals surface area contributed by atoms with Crippen LogP contribution in [0.1, 0.15) is 52.2 Å². The van der Waals surface area contributed by atoms with Gasteiger partial charge in [-0.05, 0) is 81.3 Å². The van der Waals surface area contributed by atoms with E-state index in [2.05, 4.69) is 19.2 Å². The zero-order valence-electron chi connectivity index (χ0n) is 12.3. The summed E-state index contributed by atoms with van der Waals surface area (Å²) in [6.45, 7) is 4.19. The molecule has 20 heavy (non-hydrogen) atoms. The SMILES string of the molecule is Cc1cc(C(=O)NC2C3CC4CC(C3)CC2C4)sc1C. The number of carbonyl (C=O) groups excluding carboxylic acids is 1. The Morgan fingerprint density at radius 1 is 1.10 bits per heavy atom. The molecule has 5 rings (SSSR count). The fraction of sp³-hybridized carbons (Fsp3) is 0.706. The van der Waals surface area contributed by atoms with Crippen LogP contribution in [-0.4, -0.2) is 11.9 Å². The maximum Gasteiger partial charge on any atom is 0.261 e. The Hall–Kier alpha value is -0.830. The quantitative estimate of drug-likeness (QED) is 0.878. The summed E-state index contributed by atoms with van der Waals surface area (Å²) >= 11 is 1.64. The molecule has 0 atom stereocenters. The third kappa shape index (κ3) is 2.02. The summed E-state index contributed by atoms with van der Waals surface area (Å²) in [5.41, 5.74) is 1.24. The lowest BCUT2D eigenvalue weighted by molar-refractivity contribution is -0.0119. The Morgan fingerprint density at radius 3 is 2.20 bits per heavy atom. The van der Waals surface area contributed by atoms with Crippen LogP contribution in [0.5, 0.6) is 0 Å². The maximum atomic E-state index is 12.5. The zero-order valence-corrected chi connectivity index (χ0v) is 13.1. The van der Waals surface area contributed by atoms with E-state index in [1.54, 1.807) is 11.3 Å². The minimum absolute atomic E-state index is 0.170. The van der Waals surface area contributed by atoms with Gasteiger partial charge in [0, 0.05) is 10.9 Å². The first-order valence-electron chi connectivity index (χ1n) is 7.98.